The van der Waals surface area contributed by atoms with Crippen LogP contribution in [-0.4, -0.2) is 4.83 Å². The van der Waals surface area contributed by atoms with Crippen LogP contribution in [0.25, 0.3) is 11.1 Å². The van der Waals surface area contributed by atoms with Crippen molar-refractivity contribution in [2.75, 3.05) is 0 Å². The summed E-state index contributed by atoms with van der Waals surface area (Å²) in [6.45, 7) is 4.33. The summed E-state index contributed by atoms with van der Waals surface area (Å²) in [6, 6.07) is 21.0. The third-order valence-electron chi connectivity index (χ3n) is 5.15. The molecule has 0 spiro atoms. The molecule has 142 valence electrons. The maximum Gasteiger partial charge on any atom is 0.153 e. The Balaban J connectivity index is 1.71. The van der Waals surface area contributed by atoms with Crippen molar-refractivity contribution in [3.63, 3.8) is 0 Å². The predicted octanol–water partition coefficient (Wildman–Crippen LogP) is 8.22. The van der Waals surface area contributed by atoms with Gasteiger partial charge < -0.3 is 0 Å². The number of benzene rings is 2. The van der Waals surface area contributed by atoms with E-state index < -0.39 is 0 Å². The van der Waals surface area contributed by atoms with Crippen molar-refractivity contribution >= 4 is 43.0 Å². The number of rotatable bonds is 2. The van der Waals surface area contributed by atoms with Gasteiger partial charge in [-0.05, 0) is 59.1 Å². The molecule has 2 aromatic carbocycles. The van der Waals surface area contributed by atoms with Gasteiger partial charge >= 0.3 is 0 Å². The van der Waals surface area contributed by atoms with Crippen LogP contribution >= 0.6 is 31.9 Å². The highest BCUT2D eigenvalue weighted by Gasteiger charge is 2.26. The summed E-state index contributed by atoms with van der Waals surface area (Å²) in [5.74, 6) is 1.23. The maximum absolute atomic E-state index is 3.84. The Morgan fingerprint density at radius 3 is 2.00 bits per heavy atom. The minimum absolute atomic E-state index is 0.102. The third kappa shape index (κ3) is 4.36. The summed E-state index contributed by atoms with van der Waals surface area (Å²) in [7, 11) is 0. The molecule has 1 atom stereocenters. The Morgan fingerprint density at radius 1 is 0.862 bits per heavy atom. The summed E-state index contributed by atoms with van der Waals surface area (Å²) in [5, 5.41) is 0. The third-order valence-corrected chi connectivity index (χ3v) is 6.53. The van der Waals surface area contributed by atoms with Gasteiger partial charge in [-0.3, -0.25) is 0 Å². The van der Waals surface area contributed by atoms with Crippen molar-refractivity contribution in [3.05, 3.63) is 129 Å². The van der Waals surface area contributed by atoms with Gasteiger partial charge in [-0.2, -0.15) is 0 Å². The van der Waals surface area contributed by atoms with E-state index in [-0.39, 0.29) is 4.83 Å². The molecule has 2 heteroatoms. The van der Waals surface area contributed by atoms with E-state index in [9.17, 15) is 0 Å². The Kier molecular flexibility index (Phi) is 5.96. The van der Waals surface area contributed by atoms with Gasteiger partial charge in [0.05, 0.1) is 27.5 Å². The average molecular weight is 505 g/mol. The first kappa shape index (κ1) is 20.0. The number of hydrogen-bond acceptors (Lipinski definition) is 0. The highest BCUT2D eigenvalue weighted by molar-refractivity contribution is 9.12. The largest absolute Gasteiger partial charge is 0.153 e. The van der Waals surface area contributed by atoms with E-state index >= 15 is 0 Å². The Bertz CT molecular complexity index is 1020. The first-order valence-electron chi connectivity index (χ1n) is 9.62. The second-order valence-corrected chi connectivity index (χ2v) is 9.11. The van der Waals surface area contributed by atoms with E-state index in [1.54, 1.807) is 0 Å². The highest BCUT2D eigenvalue weighted by Crippen LogP contribution is 2.38. The van der Waals surface area contributed by atoms with Crippen LogP contribution in [-0.2, 0) is 0 Å². The lowest BCUT2D eigenvalue weighted by molar-refractivity contribution is 1.17. The van der Waals surface area contributed by atoms with Crippen LogP contribution in [0.4, 0.5) is 0 Å². The van der Waals surface area contributed by atoms with E-state index in [1.165, 1.54) is 33.8 Å². The van der Waals surface area contributed by atoms with Crippen molar-refractivity contribution in [1.29, 1.82) is 0 Å². The number of alkyl halides is 1. The molecule has 0 radical (unpaired) electrons. The molecule has 0 N–H and O–H groups in total. The zero-order valence-electron chi connectivity index (χ0n) is 16.4. The van der Waals surface area contributed by atoms with Crippen LogP contribution < -0.4 is 0 Å². The van der Waals surface area contributed by atoms with Crippen molar-refractivity contribution in [3.8, 4) is 0 Å². The molecule has 4 rings (SSSR count). The van der Waals surface area contributed by atoms with Gasteiger partial charge in [-0.1, -0.05) is 70.5 Å². The molecule has 0 saturated carbocycles. The fourth-order valence-corrected chi connectivity index (χ4v) is 5.21. The fourth-order valence-electron chi connectivity index (χ4n) is 3.67. The molecule has 29 heavy (non-hydrogen) atoms. The normalized spacial score (nSPS) is 19.2. The molecule has 0 heterocycles. The smallest absolute Gasteiger partial charge is 0.0775 e. The van der Waals surface area contributed by atoms with E-state index in [1.807, 2.05) is 6.07 Å². The first-order valence-corrected chi connectivity index (χ1v) is 11.3. The van der Waals surface area contributed by atoms with Gasteiger partial charge in [0.1, 0.15) is 0 Å². The van der Waals surface area contributed by atoms with E-state index in [0.29, 0.717) is 0 Å². The zero-order valence-corrected chi connectivity index (χ0v) is 19.6. The van der Waals surface area contributed by atoms with Gasteiger partial charge in [0.15, 0.2) is 5.57 Å². The van der Waals surface area contributed by atoms with E-state index in [4.69, 9.17) is 0 Å². The first-order chi connectivity index (χ1) is 14.0. The Hall–Kier alpha value is -2.25. The van der Waals surface area contributed by atoms with Crippen molar-refractivity contribution in [2.24, 2.45) is 0 Å². The number of hydrogen-bond donors (Lipinski definition) is 0. The highest BCUT2D eigenvalue weighted by atomic mass is 79.9. The quantitative estimate of drug-likeness (QED) is 0.219. The van der Waals surface area contributed by atoms with Crippen molar-refractivity contribution in [2.45, 2.75) is 18.7 Å². The number of allylic oxidation sites excluding steroid dienone is 9. The summed E-state index contributed by atoms with van der Waals surface area (Å²) in [6.07, 6.45) is 8.92. The van der Waals surface area contributed by atoms with Crippen molar-refractivity contribution < 1.29 is 0 Å². The Morgan fingerprint density at radius 2 is 1.45 bits per heavy atom. The minimum Gasteiger partial charge on any atom is -0.0775 e. The van der Waals surface area contributed by atoms with Crippen molar-refractivity contribution in [1.82, 2.24) is 0 Å². The van der Waals surface area contributed by atoms with Crippen LogP contribution in [0.2, 0.25) is 0 Å². The summed E-state index contributed by atoms with van der Waals surface area (Å²) in [4.78, 5) is 0.102. The maximum atomic E-state index is 3.84. The van der Waals surface area contributed by atoms with Crippen LogP contribution in [0.5, 0.6) is 0 Å². The second-order valence-electron chi connectivity index (χ2n) is 7.27. The molecule has 0 saturated heterocycles. The molecule has 0 fully saturated rings. The topological polar surface area (TPSA) is 0 Å². The van der Waals surface area contributed by atoms with Crippen LogP contribution in [0, 0.1) is 5.92 Å². The molecule has 0 nitrogen and oxygen atoms in total. The SMILES string of the molecule is CC1=CC(c2ccccc2)=C[C+](C)C1=C=C1C(Br)=CC(c2ccccc2)=CC1Br. The monoisotopic (exact) mass is 503 g/mol. The molecule has 1 unspecified atom stereocenters. The molecule has 2 aliphatic carbocycles. The van der Waals surface area contributed by atoms with Crippen LogP contribution in [0.3, 0.4) is 0 Å². The van der Waals surface area contributed by atoms with E-state index in [2.05, 4.69) is 130 Å². The van der Waals surface area contributed by atoms with Gasteiger partial charge in [0.2, 0.25) is 0 Å². The molecule has 0 aromatic heterocycles. The Labute approximate surface area is 190 Å². The standard InChI is InChI=1S/C27H21Br2/c1-18-13-22(20-9-5-3-6-10-20)14-19(2)24(18)17-25-26(28)15-23(16-27(25)29)21-11-7-4-8-12-21/h3-16,26H,1-2H3/q+1. The lowest BCUT2D eigenvalue weighted by atomic mass is 9.84. The molecule has 0 amide bonds. The lowest BCUT2D eigenvalue weighted by Gasteiger charge is -2.17. The minimum atomic E-state index is 0.102. The molecule has 0 aliphatic heterocycles. The summed E-state index contributed by atoms with van der Waals surface area (Å²) in [5.41, 5.74) is 12.1. The lowest BCUT2D eigenvalue weighted by Crippen LogP contribution is -2.07. The molecular formula is C27H21Br2+. The van der Waals surface area contributed by atoms with Gasteiger partial charge in [0.25, 0.3) is 0 Å². The van der Waals surface area contributed by atoms with Crippen LogP contribution in [0.15, 0.2) is 112 Å². The van der Waals surface area contributed by atoms with Gasteiger partial charge in [-0.25, -0.2) is 0 Å². The molecule has 2 aliphatic rings. The number of halogens is 2. The van der Waals surface area contributed by atoms with Gasteiger partial charge in [0, 0.05) is 27.9 Å². The van der Waals surface area contributed by atoms with Crippen LogP contribution in [0.1, 0.15) is 25.0 Å². The van der Waals surface area contributed by atoms with Gasteiger partial charge in [-0.15, -0.1) is 0 Å². The predicted molar refractivity (Wildman–Crippen MR) is 132 cm³/mol. The molecular weight excluding hydrogens is 484 g/mol. The fraction of sp³-hybridized carbons (Fsp3) is 0.111. The van der Waals surface area contributed by atoms with E-state index in [0.717, 1.165) is 15.6 Å². The zero-order chi connectivity index (χ0) is 20.4. The summed E-state index contributed by atoms with van der Waals surface area (Å²) >= 11 is 7.63. The molecule has 2 aromatic rings. The second kappa shape index (κ2) is 8.63. The molecule has 0 bridgehead atoms. The average Bonchev–Trinajstić information content (AvgIpc) is 2.73. The summed E-state index contributed by atoms with van der Waals surface area (Å²) < 4.78 is 1.06.